The number of rotatable bonds is 2. The Hall–Kier alpha value is -1.72. The van der Waals surface area contributed by atoms with Crippen molar-refractivity contribution in [2.45, 2.75) is 44.2 Å². The van der Waals surface area contributed by atoms with Gasteiger partial charge >= 0.3 is 0 Å². The summed E-state index contributed by atoms with van der Waals surface area (Å²) in [6.07, 6.45) is 1.98. The molecule has 0 saturated carbocycles. The highest BCUT2D eigenvalue weighted by Gasteiger charge is 2.59. The molecule has 17 heavy (non-hydrogen) atoms. The van der Waals surface area contributed by atoms with Crippen LogP contribution in [-0.4, -0.2) is 33.3 Å². The summed E-state index contributed by atoms with van der Waals surface area (Å²) in [5.74, 6) is 0. The first-order valence-electron chi connectivity index (χ1n) is 5.65. The fourth-order valence-corrected chi connectivity index (χ4v) is 2.96. The van der Waals surface area contributed by atoms with E-state index >= 15 is 0 Å². The zero-order valence-corrected chi connectivity index (χ0v) is 9.80. The maximum Gasteiger partial charge on any atom is 0.157 e. The van der Waals surface area contributed by atoms with Gasteiger partial charge in [-0.1, -0.05) is 26.0 Å². The molecule has 1 saturated heterocycles. The second-order valence-corrected chi connectivity index (χ2v) is 4.58. The monoisotopic (exact) mass is 238 g/mol. The summed E-state index contributed by atoms with van der Waals surface area (Å²) in [5.41, 5.74) is -1.59. The lowest BCUT2D eigenvalue weighted by Crippen LogP contribution is -2.65. The van der Waals surface area contributed by atoms with E-state index in [4.69, 9.17) is 0 Å². The molecule has 6 heteroatoms. The van der Waals surface area contributed by atoms with Crippen molar-refractivity contribution in [3.05, 3.63) is 12.2 Å². The predicted molar refractivity (Wildman–Crippen MR) is 54.3 cm³/mol. The normalized spacial score (nSPS) is 34.5. The van der Waals surface area contributed by atoms with Gasteiger partial charge in [-0.2, -0.15) is 0 Å². The molecular formula is C11H14N2O4-2. The molecule has 1 heterocycles. The van der Waals surface area contributed by atoms with Gasteiger partial charge in [0.25, 0.3) is 0 Å². The number of carboxylic acid groups (broad SMARTS) is 2. The molecule has 0 aromatic carbocycles. The molecule has 0 radical (unpaired) electrons. The van der Waals surface area contributed by atoms with Gasteiger partial charge in [-0.15, -0.1) is 0 Å². The summed E-state index contributed by atoms with van der Waals surface area (Å²) in [4.78, 5) is 22.4. The average molecular weight is 238 g/mol. The first-order valence-corrected chi connectivity index (χ1v) is 5.65. The minimum atomic E-state index is -1.50. The van der Waals surface area contributed by atoms with Crippen LogP contribution in [0.5, 0.6) is 0 Å². The zero-order valence-electron chi connectivity index (χ0n) is 9.80. The van der Waals surface area contributed by atoms with E-state index in [0.717, 1.165) is 10.0 Å². The van der Waals surface area contributed by atoms with Gasteiger partial charge in [0.2, 0.25) is 0 Å². The topological polar surface area (TPSA) is 86.7 Å². The molecule has 1 aliphatic heterocycles. The molecule has 1 fully saturated rings. The molecule has 94 valence electrons. The van der Waals surface area contributed by atoms with Crippen LogP contribution < -0.4 is 10.2 Å². The van der Waals surface area contributed by atoms with Gasteiger partial charge in [0.05, 0.1) is 11.1 Å². The highest BCUT2D eigenvalue weighted by Crippen LogP contribution is 2.51. The van der Waals surface area contributed by atoms with E-state index in [1.54, 1.807) is 12.2 Å². The fraction of sp³-hybridized carbons (Fsp3) is 0.636. The lowest BCUT2D eigenvalue weighted by molar-refractivity contribution is -0.311. The Labute approximate surface area is 99.1 Å². The van der Waals surface area contributed by atoms with Crippen molar-refractivity contribution < 1.29 is 19.8 Å². The molecule has 0 N–H and O–H groups in total. The molecule has 0 spiro atoms. The minimum absolute atomic E-state index is 0.439. The van der Waals surface area contributed by atoms with Crippen LogP contribution in [0.1, 0.15) is 33.1 Å². The standard InChI is InChI=1S/C11H16N2O4/c1-3-10-5-6-11(4-2,7-10)13(9(16)17)12(10)8(14)15/h5-6H,3-4,7H2,1-2H3,(H,14,15)(H,16,17)/p-2. The maximum atomic E-state index is 11.2. The van der Waals surface area contributed by atoms with Crippen LogP contribution in [0.25, 0.3) is 0 Å². The molecular weight excluding hydrogens is 224 g/mol. The SMILES string of the molecule is CCC12C=CC(CC)(C1)N(C(=O)[O-])N2C(=O)[O-]. The van der Waals surface area contributed by atoms with Gasteiger partial charge in [-0.3, -0.25) is 10.0 Å². The van der Waals surface area contributed by atoms with Crippen LogP contribution in [0.3, 0.4) is 0 Å². The number of hydrogen-bond donors (Lipinski definition) is 0. The van der Waals surface area contributed by atoms with Gasteiger partial charge in [0.15, 0.2) is 12.2 Å². The van der Waals surface area contributed by atoms with Crippen molar-refractivity contribution >= 4 is 12.2 Å². The third-order valence-electron chi connectivity index (χ3n) is 3.93. The summed E-state index contributed by atoms with van der Waals surface area (Å²) in [6, 6.07) is 0. The summed E-state index contributed by atoms with van der Waals surface area (Å²) in [6.45, 7) is 3.65. The number of hydrazine groups is 1. The van der Waals surface area contributed by atoms with Crippen LogP contribution in [0, 0.1) is 0 Å². The van der Waals surface area contributed by atoms with Crippen molar-refractivity contribution in [2.24, 2.45) is 0 Å². The molecule has 2 amide bonds. The summed E-state index contributed by atoms with van der Waals surface area (Å²) in [7, 11) is 0. The second-order valence-electron chi connectivity index (χ2n) is 4.58. The van der Waals surface area contributed by atoms with E-state index < -0.39 is 23.3 Å². The predicted octanol–water partition coefficient (Wildman–Crippen LogP) is -0.537. The number of nitrogens with zero attached hydrogens (tertiary/aromatic N) is 2. The third-order valence-corrected chi connectivity index (χ3v) is 3.93. The van der Waals surface area contributed by atoms with Crippen LogP contribution >= 0.6 is 0 Å². The van der Waals surface area contributed by atoms with Crippen LogP contribution in [-0.2, 0) is 0 Å². The van der Waals surface area contributed by atoms with E-state index in [9.17, 15) is 19.8 Å². The molecule has 1 aliphatic carbocycles. The quantitative estimate of drug-likeness (QED) is 0.605. The Morgan fingerprint density at radius 3 is 1.65 bits per heavy atom. The fourth-order valence-electron chi connectivity index (χ4n) is 2.96. The Morgan fingerprint density at radius 1 is 1.06 bits per heavy atom. The van der Waals surface area contributed by atoms with Crippen molar-refractivity contribution in [2.75, 3.05) is 0 Å². The van der Waals surface area contributed by atoms with Gasteiger partial charge in [0.1, 0.15) is 0 Å². The lowest BCUT2D eigenvalue weighted by atomic mass is 9.89. The summed E-state index contributed by atoms with van der Waals surface area (Å²) in [5, 5.41) is 23.9. The highest BCUT2D eigenvalue weighted by molar-refractivity contribution is 5.74. The van der Waals surface area contributed by atoms with Gasteiger partial charge in [-0.05, 0) is 12.8 Å². The zero-order chi connectivity index (χ0) is 12.8. The van der Waals surface area contributed by atoms with Crippen molar-refractivity contribution in [3.63, 3.8) is 0 Å². The maximum absolute atomic E-state index is 11.2. The Balaban J connectivity index is 2.54. The first-order chi connectivity index (χ1) is 7.92. The number of fused-ring (bicyclic) bond motifs is 2. The van der Waals surface area contributed by atoms with Crippen molar-refractivity contribution in [1.82, 2.24) is 10.0 Å². The molecule has 2 atom stereocenters. The molecule has 6 nitrogen and oxygen atoms in total. The molecule has 2 unspecified atom stereocenters. The molecule has 2 bridgehead atoms. The van der Waals surface area contributed by atoms with Crippen LogP contribution in [0.4, 0.5) is 9.59 Å². The average Bonchev–Trinajstić information content (AvgIpc) is 2.80. The first kappa shape index (κ1) is 11.8. The Kier molecular flexibility index (Phi) is 2.34. The smallest absolute Gasteiger partial charge is 0.157 e. The lowest BCUT2D eigenvalue weighted by Gasteiger charge is -2.47. The van der Waals surface area contributed by atoms with E-state index in [1.807, 2.05) is 13.8 Å². The number of carbonyl (C=O) groups excluding carboxylic acids is 2. The highest BCUT2D eigenvalue weighted by atomic mass is 16.4. The van der Waals surface area contributed by atoms with E-state index in [2.05, 4.69) is 0 Å². The Morgan fingerprint density at radius 2 is 1.41 bits per heavy atom. The van der Waals surface area contributed by atoms with E-state index in [-0.39, 0.29) is 0 Å². The van der Waals surface area contributed by atoms with Gasteiger partial charge in [0, 0.05) is 6.42 Å². The van der Waals surface area contributed by atoms with Crippen LogP contribution in [0.15, 0.2) is 12.2 Å². The second kappa shape index (κ2) is 3.38. The van der Waals surface area contributed by atoms with Gasteiger partial charge < -0.3 is 19.8 Å². The molecule has 2 aliphatic rings. The molecule has 0 aromatic rings. The van der Waals surface area contributed by atoms with Crippen molar-refractivity contribution in [3.8, 4) is 0 Å². The number of carbonyl (C=O) groups is 2. The third kappa shape index (κ3) is 1.26. The minimum Gasteiger partial charge on any atom is -0.529 e. The van der Waals surface area contributed by atoms with E-state index in [0.29, 0.717) is 19.3 Å². The summed E-state index contributed by atoms with van der Waals surface area (Å²) >= 11 is 0. The molecule has 0 aromatic heterocycles. The number of hydrogen-bond acceptors (Lipinski definition) is 4. The van der Waals surface area contributed by atoms with Gasteiger partial charge in [-0.25, -0.2) is 0 Å². The van der Waals surface area contributed by atoms with E-state index in [1.165, 1.54) is 0 Å². The molecule has 2 rings (SSSR count). The number of amides is 2. The largest absolute Gasteiger partial charge is 0.529 e. The van der Waals surface area contributed by atoms with Crippen molar-refractivity contribution in [1.29, 1.82) is 0 Å². The van der Waals surface area contributed by atoms with Crippen LogP contribution in [0.2, 0.25) is 0 Å². The summed E-state index contributed by atoms with van der Waals surface area (Å²) < 4.78 is 0. The Bertz CT molecular complexity index is 372.